The van der Waals surface area contributed by atoms with Gasteiger partial charge in [-0.25, -0.2) is 4.85 Å². The summed E-state index contributed by atoms with van der Waals surface area (Å²) in [7, 11) is 0. The third-order valence-electron chi connectivity index (χ3n) is 2.35. The molecule has 0 spiro atoms. The maximum atomic E-state index is 11.4. The highest BCUT2D eigenvalue weighted by Crippen LogP contribution is 2.26. The number of aliphatic hydroxyl groups is 1. The Morgan fingerprint density at radius 2 is 2.38 bits per heavy atom. The molecule has 2 N–H and O–H groups in total. The molecule has 0 aromatic heterocycles. The molecule has 1 aromatic carbocycles. The maximum Gasteiger partial charge on any atom is 0.287 e. The van der Waals surface area contributed by atoms with E-state index in [9.17, 15) is 9.90 Å². The summed E-state index contributed by atoms with van der Waals surface area (Å²) in [6.07, 6.45) is 0. The van der Waals surface area contributed by atoms with Gasteiger partial charge in [-0.1, -0.05) is 6.07 Å². The van der Waals surface area contributed by atoms with Crippen LogP contribution in [0.5, 0.6) is 0 Å². The molecule has 1 aliphatic heterocycles. The first-order valence-corrected chi connectivity index (χ1v) is 4.71. The Morgan fingerprint density at radius 3 is 2.88 bits per heavy atom. The van der Waals surface area contributed by atoms with E-state index in [1.54, 1.807) is 25.1 Å². The van der Waals surface area contributed by atoms with Gasteiger partial charge in [-0.3, -0.25) is 4.79 Å². The number of rotatable bonds is 2. The van der Waals surface area contributed by atoms with Crippen molar-refractivity contribution >= 4 is 17.3 Å². The molecule has 16 heavy (non-hydrogen) atoms. The highest BCUT2D eigenvalue weighted by Gasteiger charge is 2.50. The second-order valence-corrected chi connectivity index (χ2v) is 3.64. The number of anilines is 1. The lowest BCUT2D eigenvalue weighted by atomic mass is 10.2. The maximum absolute atomic E-state index is 11.4. The zero-order chi connectivity index (χ0) is 11.8. The Bertz CT molecular complexity index is 486. The van der Waals surface area contributed by atoms with E-state index in [1.807, 2.05) is 0 Å². The number of nitrogens with one attached hydrogen (secondary N) is 1. The predicted octanol–water partition coefficient (Wildman–Crippen LogP) is 1.20. The molecule has 82 valence electrons. The van der Waals surface area contributed by atoms with Crippen LogP contribution in [0.15, 0.2) is 18.2 Å². The van der Waals surface area contributed by atoms with Crippen LogP contribution < -0.4 is 5.32 Å². The first-order valence-electron chi connectivity index (χ1n) is 4.71. The van der Waals surface area contributed by atoms with Gasteiger partial charge in [-0.05, 0) is 24.6 Å². The van der Waals surface area contributed by atoms with E-state index in [0.717, 1.165) is 5.56 Å². The van der Waals surface area contributed by atoms with Crippen molar-refractivity contribution in [2.75, 3.05) is 11.9 Å². The van der Waals surface area contributed by atoms with Crippen molar-refractivity contribution in [3.8, 4) is 0 Å². The molecule has 0 aliphatic carbocycles. The van der Waals surface area contributed by atoms with Crippen LogP contribution in [-0.4, -0.2) is 23.4 Å². The third-order valence-corrected chi connectivity index (χ3v) is 2.35. The molecule has 5 heteroatoms. The lowest BCUT2D eigenvalue weighted by molar-refractivity contribution is -0.133. The third kappa shape index (κ3) is 1.89. The predicted molar refractivity (Wildman–Crippen MR) is 57.0 cm³/mol. The Kier molecular flexibility index (Phi) is 2.38. The van der Waals surface area contributed by atoms with Crippen LogP contribution in [0.3, 0.4) is 0 Å². The average molecular weight is 218 g/mol. The van der Waals surface area contributed by atoms with Gasteiger partial charge in [0.2, 0.25) is 0 Å². The van der Waals surface area contributed by atoms with Crippen LogP contribution in [0.2, 0.25) is 0 Å². The minimum atomic E-state index is -1.66. The van der Waals surface area contributed by atoms with Crippen molar-refractivity contribution in [1.82, 2.24) is 0 Å². The van der Waals surface area contributed by atoms with Gasteiger partial charge >= 0.3 is 0 Å². The number of nitrogens with zero attached hydrogens (tertiary/aromatic N) is 1. The number of amides is 1. The molecule has 1 amide bonds. The summed E-state index contributed by atoms with van der Waals surface area (Å²) in [5.74, 6) is -2.24. The van der Waals surface area contributed by atoms with E-state index < -0.39 is 11.7 Å². The molecule has 1 fully saturated rings. The smallest absolute Gasteiger partial charge is 0.287 e. The highest BCUT2D eigenvalue weighted by atomic mass is 16.7. The summed E-state index contributed by atoms with van der Waals surface area (Å²) in [6, 6.07) is 4.91. The van der Waals surface area contributed by atoms with Gasteiger partial charge < -0.3 is 15.2 Å². The van der Waals surface area contributed by atoms with Crippen molar-refractivity contribution < 1.29 is 14.6 Å². The molecule has 0 bridgehead atoms. The van der Waals surface area contributed by atoms with Crippen LogP contribution in [-0.2, 0) is 9.53 Å². The number of carbonyl (C=O) groups excluding carboxylic acids is 1. The molecule has 0 radical (unpaired) electrons. The van der Waals surface area contributed by atoms with Gasteiger partial charge in [0.05, 0.1) is 6.57 Å². The second kappa shape index (κ2) is 3.59. The average Bonchev–Trinajstić information content (AvgIpc) is 2.98. The molecular formula is C11H10N2O3. The van der Waals surface area contributed by atoms with Crippen molar-refractivity contribution in [2.45, 2.75) is 12.7 Å². The second-order valence-electron chi connectivity index (χ2n) is 3.64. The normalized spacial score (nSPS) is 22.3. The van der Waals surface area contributed by atoms with Gasteiger partial charge in [0, 0.05) is 5.69 Å². The number of hydrogen-bond donors (Lipinski definition) is 2. The lowest BCUT2D eigenvalue weighted by Gasteiger charge is -2.08. The molecule has 0 saturated carbocycles. The van der Waals surface area contributed by atoms with E-state index >= 15 is 0 Å². The van der Waals surface area contributed by atoms with E-state index in [2.05, 4.69) is 14.9 Å². The summed E-state index contributed by atoms with van der Waals surface area (Å²) >= 11 is 0. The zero-order valence-corrected chi connectivity index (χ0v) is 8.65. The number of hydrogen-bond acceptors (Lipinski definition) is 3. The molecule has 1 heterocycles. The van der Waals surface area contributed by atoms with Crippen LogP contribution in [0.25, 0.3) is 4.85 Å². The van der Waals surface area contributed by atoms with Gasteiger partial charge in [-0.2, -0.15) is 0 Å². The van der Waals surface area contributed by atoms with Gasteiger partial charge in [0.25, 0.3) is 11.7 Å². The van der Waals surface area contributed by atoms with E-state index in [1.165, 1.54) is 0 Å². The molecule has 1 aromatic rings. The van der Waals surface area contributed by atoms with Crippen molar-refractivity contribution in [3.63, 3.8) is 0 Å². The summed E-state index contributed by atoms with van der Waals surface area (Å²) in [6.45, 7) is 8.69. The standard InChI is InChI=1S/C11H10N2O3/c1-7-5-8(3-4-9(7)12-2)13-10(14)11(15)6-16-11/h3-5,15H,6H2,1H3,(H,13,14)/t11-/m0/s1. The number of ether oxygens (including phenoxy) is 1. The molecule has 2 rings (SSSR count). The monoisotopic (exact) mass is 218 g/mol. The minimum Gasteiger partial charge on any atom is -0.356 e. The lowest BCUT2D eigenvalue weighted by Crippen LogP contribution is -2.30. The number of aryl methyl sites for hydroxylation is 1. The summed E-state index contributed by atoms with van der Waals surface area (Å²) in [4.78, 5) is 14.7. The summed E-state index contributed by atoms with van der Waals surface area (Å²) in [5.41, 5.74) is 1.86. The summed E-state index contributed by atoms with van der Waals surface area (Å²) in [5, 5.41) is 11.9. The van der Waals surface area contributed by atoms with Gasteiger partial charge in [0.1, 0.15) is 6.61 Å². The Morgan fingerprint density at radius 1 is 1.69 bits per heavy atom. The first-order chi connectivity index (χ1) is 7.55. The topological polar surface area (TPSA) is 66.2 Å². The Labute approximate surface area is 92.5 Å². The van der Waals surface area contributed by atoms with Crippen molar-refractivity contribution in [1.29, 1.82) is 0 Å². The van der Waals surface area contributed by atoms with E-state index in [4.69, 9.17) is 6.57 Å². The van der Waals surface area contributed by atoms with Crippen molar-refractivity contribution in [2.24, 2.45) is 0 Å². The van der Waals surface area contributed by atoms with E-state index in [-0.39, 0.29) is 6.61 Å². The van der Waals surface area contributed by atoms with E-state index in [0.29, 0.717) is 11.4 Å². The first kappa shape index (κ1) is 10.6. The molecular weight excluding hydrogens is 208 g/mol. The van der Waals surface area contributed by atoms with Crippen molar-refractivity contribution in [3.05, 3.63) is 35.2 Å². The van der Waals surface area contributed by atoms with Gasteiger partial charge in [0.15, 0.2) is 5.69 Å². The fourth-order valence-electron chi connectivity index (χ4n) is 1.29. The highest BCUT2D eigenvalue weighted by molar-refractivity contribution is 5.97. The molecule has 5 nitrogen and oxygen atoms in total. The van der Waals surface area contributed by atoms with Gasteiger partial charge in [-0.15, -0.1) is 0 Å². The molecule has 1 saturated heterocycles. The fraction of sp³-hybridized carbons (Fsp3) is 0.273. The molecule has 1 aliphatic rings. The van der Waals surface area contributed by atoms with Crippen LogP contribution in [0.1, 0.15) is 5.56 Å². The van der Waals surface area contributed by atoms with Crippen LogP contribution >= 0.6 is 0 Å². The quantitative estimate of drug-likeness (QED) is 0.579. The Hall–Kier alpha value is -1.90. The van der Waals surface area contributed by atoms with Crippen LogP contribution in [0, 0.1) is 13.5 Å². The SMILES string of the molecule is [C-]#[N+]c1ccc(NC(=O)[C@]2(O)CO2)cc1C. The fourth-order valence-corrected chi connectivity index (χ4v) is 1.29. The van der Waals surface area contributed by atoms with Crippen LogP contribution in [0.4, 0.5) is 11.4 Å². The minimum absolute atomic E-state index is 0.0257. The molecule has 1 atom stereocenters. The Balaban J connectivity index is 2.14. The number of epoxide rings is 1. The number of carbonyl (C=O) groups is 1. The largest absolute Gasteiger partial charge is 0.356 e. The zero-order valence-electron chi connectivity index (χ0n) is 8.65. The molecule has 0 unspecified atom stereocenters. The summed E-state index contributed by atoms with van der Waals surface area (Å²) < 4.78 is 4.60. The number of benzene rings is 1.